The molecular weight excluding hydrogens is 214 g/mol. The Labute approximate surface area is 104 Å². The van der Waals surface area contributed by atoms with Crippen molar-refractivity contribution in [2.45, 2.75) is 44.6 Å². The van der Waals surface area contributed by atoms with E-state index in [-0.39, 0.29) is 0 Å². The summed E-state index contributed by atoms with van der Waals surface area (Å²) < 4.78 is 0. The number of hydrogen-bond acceptors (Lipinski definition) is 2. The maximum Gasteiger partial charge on any atom is 0.0302 e. The van der Waals surface area contributed by atoms with Crippen molar-refractivity contribution in [2.75, 3.05) is 12.3 Å². The van der Waals surface area contributed by atoms with Gasteiger partial charge >= 0.3 is 0 Å². The summed E-state index contributed by atoms with van der Waals surface area (Å²) in [6, 6.07) is 9.18. The van der Waals surface area contributed by atoms with Gasteiger partial charge in [0.05, 0.1) is 0 Å². The molecule has 1 rings (SSSR count). The Morgan fingerprint density at radius 3 is 2.69 bits per heavy atom. The van der Waals surface area contributed by atoms with Crippen molar-refractivity contribution in [1.29, 1.82) is 0 Å². The molecule has 0 aliphatic carbocycles. The molecule has 0 saturated heterocycles. The third-order valence-electron chi connectivity index (χ3n) is 2.67. The van der Waals surface area contributed by atoms with E-state index in [9.17, 15) is 0 Å². The first-order valence-electron chi connectivity index (χ1n) is 6.24. The average Bonchev–Trinajstić information content (AvgIpc) is 2.30. The zero-order valence-corrected chi connectivity index (χ0v) is 11.4. The molecular formula is C14H23NS. The first-order chi connectivity index (χ1) is 7.79. The van der Waals surface area contributed by atoms with Crippen LogP contribution in [0.1, 0.15) is 45.2 Å². The molecule has 1 unspecified atom stereocenters. The average molecular weight is 237 g/mol. The van der Waals surface area contributed by atoms with Crippen molar-refractivity contribution in [1.82, 2.24) is 5.32 Å². The second kappa shape index (κ2) is 7.75. The maximum atomic E-state index is 3.59. The summed E-state index contributed by atoms with van der Waals surface area (Å²) in [5, 5.41) is 3.59. The molecule has 1 aromatic carbocycles. The molecule has 0 aliphatic rings. The van der Waals surface area contributed by atoms with Gasteiger partial charge in [-0.05, 0) is 37.3 Å². The first-order valence-corrected chi connectivity index (χ1v) is 7.23. The van der Waals surface area contributed by atoms with Gasteiger partial charge in [0, 0.05) is 10.9 Å². The van der Waals surface area contributed by atoms with E-state index in [0.29, 0.717) is 6.04 Å². The third-order valence-corrected chi connectivity index (χ3v) is 3.64. The Balaban J connectivity index is 2.62. The lowest BCUT2D eigenvalue weighted by molar-refractivity contribution is 0.548. The molecule has 1 nitrogen and oxygen atoms in total. The maximum absolute atomic E-state index is 3.59. The van der Waals surface area contributed by atoms with E-state index in [0.717, 1.165) is 12.3 Å². The molecule has 0 heterocycles. The summed E-state index contributed by atoms with van der Waals surface area (Å²) in [6.07, 6.45) is 2.51. The van der Waals surface area contributed by atoms with E-state index in [1.54, 1.807) is 0 Å². The molecule has 16 heavy (non-hydrogen) atoms. The Morgan fingerprint density at radius 1 is 1.25 bits per heavy atom. The summed E-state index contributed by atoms with van der Waals surface area (Å²) in [6.45, 7) is 7.80. The minimum absolute atomic E-state index is 0.460. The molecule has 2 heteroatoms. The Morgan fingerprint density at radius 2 is 2.00 bits per heavy atom. The van der Waals surface area contributed by atoms with Crippen LogP contribution < -0.4 is 5.32 Å². The molecule has 1 N–H and O–H groups in total. The highest BCUT2D eigenvalue weighted by Gasteiger charge is 2.08. The van der Waals surface area contributed by atoms with Crippen LogP contribution in [-0.2, 0) is 0 Å². The van der Waals surface area contributed by atoms with Gasteiger partial charge in [0.1, 0.15) is 0 Å². The molecule has 0 radical (unpaired) electrons. The normalized spacial score (nSPS) is 12.7. The monoisotopic (exact) mass is 237 g/mol. The second-order valence-electron chi connectivity index (χ2n) is 4.00. The van der Waals surface area contributed by atoms with Gasteiger partial charge in [-0.15, -0.1) is 11.8 Å². The van der Waals surface area contributed by atoms with Crippen LogP contribution in [0.4, 0.5) is 0 Å². The van der Waals surface area contributed by atoms with Crippen LogP contribution in [0.2, 0.25) is 0 Å². The highest BCUT2D eigenvalue weighted by Crippen LogP contribution is 2.26. The largest absolute Gasteiger partial charge is 0.310 e. The summed E-state index contributed by atoms with van der Waals surface area (Å²) in [5.41, 5.74) is 1.44. The second-order valence-corrected chi connectivity index (χ2v) is 5.31. The first kappa shape index (κ1) is 13.6. The number of thioether (sulfide) groups is 1. The molecule has 1 aromatic rings. The molecule has 1 atom stereocenters. The van der Waals surface area contributed by atoms with E-state index >= 15 is 0 Å². The van der Waals surface area contributed by atoms with Crippen LogP contribution in [0.5, 0.6) is 0 Å². The zero-order valence-electron chi connectivity index (χ0n) is 10.6. The van der Waals surface area contributed by atoms with Crippen molar-refractivity contribution in [3.63, 3.8) is 0 Å². The lowest BCUT2D eigenvalue weighted by Crippen LogP contribution is -2.20. The van der Waals surface area contributed by atoms with Crippen LogP contribution in [0.25, 0.3) is 0 Å². The van der Waals surface area contributed by atoms with Gasteiger partial charge < -0.3 is 5.32 Å². The van der Waals surface area contributed by atoms with Crippen LogP contribution in [0.3, 0.4) is 0 Å². The van der Waals surface area contributed by atoms with Crippen molar-refractivity contribution in [2.24, 2.45) is 0 Å². The molecule has 0 saturated carbocycles. The van der Waals surface area contributed by atoms with Gasteiger partial charge in [0.2, 0.25) is 0 Å². The van der Waals surface area contributed by atoms with Gasteiger partial charge in [-0.3, -0.25) is 0 Å². The van der Waals surface area contributed by atoms with E-state index in [4.69, 9.17) is 0 Å². The number of hydrogen-bond donors (Lipinski definition) is 1. The fraction of sp³-hybridized carbons (Fsp3) is 0.571. The predicted octanol–water partition coefficient (Wildman–Crippen LogP) is 4.25. The minimum atomic E-state index is 0.460. The van der Waals surface area contributed by atoms with E-state index in [2.05, 4.69) is 50.4 Å². The molecule has 0 amide bonds. The van der Waals surface area contributed by atoms with E-state index in [1.807, 2.05) is 11.8 Å². The summed E-state index contributed by atoms with van der Waals surface area (Å²) in [4.78, 5) is 1.42. The standard InChI is InChI=1S/C14H23NS/c1-4-6-11-15-12(3)13-9-7-8-10-14(13)16-5-2/h7-10,12,15H,4-6,11H2,1-3H3. The molecule has 0 aliphatic heterocycles. The van der Waals surface area contributed by atoms with Crippen LogP contribution in [-0.4, -0.2) is 12.3 Å². The fourth-order valence-corrected chi connectivity index (χ4v) is 2.63. The molecule has 90 valence electrons. The summed E-state index contributed by atoms with van der Waals surface area (Å²) >= 11 is 1.93. The van der Waals surface area contributed by atoms with E-state index in [1.165, 1.54) is 23.3 Å². The number of nitrogens with one attached hydrogen (secondary N) is 1. The summed E-state index contributed by atoms with van der Waals surface area (Å²) in [7, 11) is 0. The third kappa shape index (κ3) is 4.18. The summed E-state index contributed by atoms with van der Waals surface area (Å²) in [5.74, 6) is 1.14. The topological polar surface area (TPSA) is 12.0 Å². The van der Waals surface area contributed by atoms with Crippen molar-refractivity contribution in [3.8, 4) is 0 Å². The highest BCUT2D eigenvalue weighted by atomic mass is 32.2. The Bertz CT molecular complexity index is 299. The van der Waals surface area contributed by atoms with Crippen molar-refractivity contribution in [3.05, 3.63) is 29.8 Å². The number of unbranched alkanes of at least 4 members (excludes halogenated alkanes) is 1. The zero-order chi connectivity index (χ0) is 11.8. The van der Waals surface area contributed by atoms with Gasteiger partial charge in [-0.25, -0.2) is 0 Å². The highest BCUT2D eigenvalue weighted by molar-refractivity contribution is 7.99. The molecule has 0 fully saturated rings. The Kier molecular flexibility index (Phi) is 6.58. The number of benzene rings is 1. The fourth-order valence-electron chi connectivity index (χ4n) is 1.73. The van der Waals surface area contributed by atoms with Gasteiger partial charge in [-0.1, -0.05) is 38.5 Å². The van der Waals surface area contributed by atoms with E-state index < -0.39 is 0 Å². The predicted molar refractivity (Wildman–Crippen MR) is 74.2 cm³/mol. The van der Waals surface area contributed by atoms with Crippen LogP contribution in [0, 0.1) is 0 Å². The lowest BCUT2D eigenvalue weighted by atomic mass is 10.1. The van der Waals surface area contributed by atoms with Gasteiger partial charge in [0.25, 0.3) is 0 Å². The van der Waals surface area contributed by atoms with Gasteiger partial charge in [-0.2, -0.15) is 0 Å². The molecule has 0 aromatic heterocycles. The molecule has 0 spiro atoms. The minimum Gasteiger partial charge on any atom is -0.310 e. The van der Waals surface area contributed by atoms with Gasteiger partial charge in [0.15, 0.2) is 0 Å². The quantitative estimate of drug-likeness (QED) is 0.562. The lowest BCUT2D eigenvalue weighted by Gasteiger charge is -2.17. The van der Waals surface area contributed by atoms with Crippen molar-refractivity contribution >= 4 is 11.8 Å². The molecule has 0 bridgehead atoms. The van der Waals surface area contributed by atoms with Crippen molar-refractivity contribution < 1.29 is 0 Å². The van der Waals surface area contributed by atoms with Crippen LogP contribution in [0.15, 0.2) is 29.2 Å². The Hall–Kier alpha value is -0.470. The SMILES string of the molecule is CCCCNC(C)c1ccccc1SCC. The number of rotatable bonds is 7. The smallest absolute Gasteiger partial charge is 0.0302 e. The van der Waals surface area contributed by atoms with Crippen LogP contribution >= 0.6 is 11.8 Å².